The number of hydrogen-bond acceptors (Lipinski definition) is 3. The molecule has 1 aromatic rings. The Morgan fingerprint density at radius 1 is 1.50 bits per heavy atom. The summed E-state index contributed by atoms with van der Waals surface area (Å²) in [5.74, 6) is 0.889. The lowest BCUT2D eigenvalue weighted by molar-refractivity contribution is 0.0463. The van der Waals surface area contributed by atoms with Crippen molar-refractivity contribution in [3.05, 3.63) is 17.5 Å². The number of aryl methyl sites for hydroxylation is 2. The van der Waals surface area contributed by atoms with E-state index in [9.17, 15) is 0 Å². The van der Waals surface area contributed by atoms with Gasteiger partial charge in [0.2, 0.25) is 0 Å². The summed E-state index contributed by atoms with van der Waals surface area (Å²) in [6, 6.07) is 2.22. The van der Waals surface area contributed by atoms with Crippen LogP contribution < -0.4 is 5.32 Å². The van der Waals surface area contributed by atoms with Crippen molar-refractivity contribution in [2.45, 2.75) is 38.8 Å². The van der Waals surface area contributed by atoms with Gasteiger partial charge in [-0.3, -0.25) is 9.58 Å². The van der Waals surface area contributed by atoms with Crippen LogP contribution in [-0.2, 0) is 13.6 Å². The quantitative estimate of drug-likeness (QED) is 0.875. The van der Waals surface area contributed by atoms with E-state index in [1.807, 2.05) is 4.68 Å². The number of aromatic nitrogens is 2. The summed E-state index contributed by atoms with van der Waals surface area (Å²) in [6.45, 7) is 8.93. The Kier molecular flexibility index (Phi) is 2.94. The molecule has 0 radical (unpaired) electrons. The summed E-state index contributed by atoms with van der Waals surface area (Å²) in [6.07, 6.45) is 2.80. The maximum absolute atomic E-state index is 4.46. The summed E-state index contributed by atoms with van der Waals surface area (Å²) in [5.41, 5.74) is 2.80. The highest BCUT2D eigenvalue weighted by molar-refractivity contribution is 5.11. The van der Waals surface area contributed by atoms with Gasteiger partial charge in [0.25, 0.3) is 0 Å². The van der Waals surface area contributed by atoms with Crippen LogP contribution in [0.5, 0.6) is 0 Å². The van der Waals surface area contributed by atoms with Crippen molar-refractivity contribution in [2.24, 2.45) is 13.0 Å². The van der Waals surface area contributed by atoms with E-state index in [-0.39, 0.29) is 0 Å². The number of nitrogens with zero attached hydrogens (tertiary/aromatic N) is 3. The van der Waals surface area contributed by atoms with Crippen LogP contribution in [0.25, 0.3) is 0 Å². The van der Waals surface area contributed by atoms with Gasteiger partial charge in [-0.15, -0.1) is 0 Å². The average molecular weight is 248 g/mol. The molecular weight excluding hydrogens is 224 g/mol. The molecule has 0 spiro atoms. The first kappa shape index (κ1) is 12.2. The zero-order valence-electron chi connectivity index (χ0n) is 11.7. The summed E-state index contributed by atoms with van der Waals surface area (Å²) in [4.78, 5) is 2.66. The molecule has 2 heterocycles. The van der Waals surface area contributed by atoms with Crippen LogP contribution in [0.3, 0.4) is 0 Å². The smallest absolute Gasteiger partial charge is 0.0597 e. The number of hydrogen-bond donors (Lipinski definition) is 1. The normalized spacial score (nSPS) is 29.7. The van der Waals surface area contributed by atoms with Gasteiger partial charge in [0.05, 0.1) is 11.4 Å². The van der Waals surface area contributed by atoms with E-state index in [4.69, 9.17) is 0 Å². The summed E-state index contributed by atoms with van der Waals surface area (Å²) in [7, 11) is 2.05. The fourth-order valence-electron chi connectivity index (χ4n) is 3.30. The highest BCUT2D eigenvalue weighted by Gasteiger charge is 2.46. The summed E-state index contributed by atoms with van der Waals surface area (Å²) < 4.78 is 2.03. The second-order valence-electron chi connectivity index (χ2n) is 6.13. The molecule has 3 rings (SSSR count). The van der Waals surface area contributed by atoms with Crippen LogP contribution in [0, 0.1) is 12.8 Å². The standard InChI is InChI=1S/C14H24N4/c1-11-8-13(17(3)16-11)9-18-7-6-15-10-14(18,2)12-4-5-12/h8,12,15H,4-7,9-10H2,1-3H3. The molecule has 0 amide bonds. The molecule has 4 nitrogen and oxygen atoms in total. The largest absolute Gasteiger partial charge is 0.314 e. The molecule has 1 unspecified atom stereocenters. The van der Waals surface area contributed by atoms with Gasteiger partial charge >= 0.3 is 0 Å². The molecule has 1 N–H and O–H groups in total. The second-order valence-corrected chi connectivity index (χ2v) is 6.13. The van der Waals surface area contributed by atoms with Gasteiger partial charge < -0.3 is 5.32 Å². The molecule has 1 aliphatic heterocycles. The Morgan fingerprint density at radius 2 is 2.28 bits per heavy atom. The minimum absolute atomic E-state index is 0.344. The predicted molar refractivity (Wildman–Crippen MR) is 72.4 cm³/mol. The van der Waals surface area contributed by atoms with Gasteiger partial charge in [-0.05, 0) is 38.7 Å². The van der Waals surface area contributed by atoms with Crippen molar-refractivity contribution in [1.29, 1.82) is 0 Å². The third kappa shape index (κ3) is 2.08. The van der Waals surface area contributed by atoms with Gasteiger partial charge in [0.1, 0.15) is 0 Å². The minimum Gasteiger partial charge on any atom is -0.314 e. The SMILES string of the molecule is Cc1cc(CN2CCNCC2(C)C2CC2)n(C)n1. The number of nitrogens with one attached hydrogen (secondary N) is 1. The van der Waals surface area contributed by atoms with Gasteiger partial charge in [-0.1, -0.05) is 0 Å². The van der Waals surface area contributed by atoms with Gasteiger partial charge in [0.15, 0.2) is 0 Å². The van der Waals surface area contributed by atoms with E-state index >= 15 is 0 Å². The van der Waals surface area contributed by atoms with E-state index in [0.29, 0.717) is 5.54 Å². The second kappa shape index (κ2) is 4.35. The number of rotatable bonds is 3. The van der Waals surface area contributed by atoms with Gasteiger partial charge in [0, 0.05) is 38.8 Å². The van der Waals surface area contributed by atoms with Crippen molar-refractivity contribution in [3.63, 3.8) is 0 Å². The maximum Gasteiger partial charge on any atom is 0.0597 e. The van der Waals surface area contributed by atoms with Crippen molar-refractivity contribution < 1.29 is 0 Å². The van der Waals surface area contributed by atoms with E-state index in [2.05, 4.69) is 42.3 Å². The molecule has 1 aromatic heterocycles. The van der Waals surface area contributed by atoms with Crippen molar-refractivity contribution in [1.82, 2.24) is 20.0 Å². The van der Waals surface area contributed by atoms with E-state index in [1.165, 1.54) is 18.5 Å². The molecule has 2 aliphatic rings. The lowest BCUT2D eigenvalue weighted by atomic mass is 9.91. The average Bonchev–Trinajstić information content (AvgIpc) is 3.11. The third-order valence-corrected chi connectivity index (χ3v) is 4.67. The first-order valence-electron chi connectivity index (χ1n) is 7.05. The van der Waals surface area contributed by atoms with Gasteiger partial charge in [-0.25, -0.2) is 0 Å². The molecular formula is C14H24N4. The Hall–Kier alpha value is -0.870. The Morgan fingerprint density at radius 3 is 2.89 bits per heavy atom. The lowest BCUT2D eigenvalue weighted by Gasteiger charge is -2.45. The molecule has 0 bridgehead atoms. The van der Waals surface area contributed by atoms with Crippen LogP contribution in [0.15, 0.2) is 6.07 Å². The van der Waals surface area contributed by atoms with Crippen LogP contribution in [0.4, 0.5) is 0 Å². The highest BCUT2D eigenvalue weighted by Crippen LogP contribution is 2.43. The first-order chi connectivity index (χ1) is 8.59. The third-order valence-electron chi connectivity index (χ3n) is 4.67. The fraction of sp³-hybridized carbons (Fsp3) is 0.786. The van der Waals surface area contributed by atoms with Crippen LogP contribution in [-0.4, -0.2) is 39.9 Å². The maximum atomic E-state index is 4.46. The lowest BCUT2D eigenvalue weighted by Crippen LogP contribution is -2.60. The van der Waals surface area contributed by atoms with E-state index < -0.39 is 0 Å². The van der Waals surface area contributed by atoms with Crippen molar-refractivity contribution >= 4 is 0 Å². The van der Waals surface area contributed by atoms with E-state index in [0.717, 1.165) is 37.8 Å². The van der Waals surface area contributed by atoms with Crippen molar-refractivity contribution in [2.75, 3.05) is 19.6 Å². The highest BCUT2D eigenvalue weighted by atomic mass is 15.3. The Balaban J connectivity index is 1.79. The van der Waals surface area contributed by atoms with Crippen LogP contribution in [0.2, 0.25) is 0 Å². The summed E-state index contributed by atoms with van der Waals surface area (Å²) >= 11 is 0. The van der Waals surface area contributed by atoms with Crippen LogP contribution in [0.1, 0.15) is 31.2 Å². The fourth-order valence-corrected chi connectivity index (χ4v) is 3.30. The molecule has 0 aromatic carbocycles. The topological polar surface area (TPSA) is 33.1 Å². The molecule has 2 fully saturated rings. The first-order valence-corrected chi connectivity index (χ1v) is 7.05. The molecule has 1 aliphatic carbocycles. The monoisotopic (exact) mass is 248 g/mol. The number of piperazine rings is 1. The van der Waals surface area contributed by atoms with Crippen molar-refractivity contribution in [3.8, 4) is 0 Å². The molecule has 4 heteroatoms. The van der Waals surface area contributed by atoms with Gasteiger partial charge in [-0.2, -0.15) is 5.10 Å². The molecule has 100 valence electrons. The summed E-state index contributed by atoms with van der Waals surface area (Å²) in [5, 5.41) is 8.03. The molecule has 1 saturated carbocycles. The van der Waals surface area contributed by atoms with Crippen LogP contribution >= 0.6 is 0 Å². The Bertz CT molecular complexity index is 435. The van der Waals surface area contributed by atoms with E-state index in [1.54, 1.807) is 0 Å². The minimum atomic E-state index is 0.344. The Labute approximate surface area is 109 Å². The zero-order valence-corrected chi connectivity index (χ0v) is 11.7. The molecule has 18 heavy (non-hydrogen) atoms. The predicted octanol–water partition coefficient (Wildman–Crippen LogP) is 1.30. The molecule has 1 saturated heterocycles. The zero-order chi connectivity index (χ0) is 12.8. The molecule has 1 atom stereocenters.